The molecule has 0 aliphatic heterocycles. The fraction of sp³-hybridized carbons (Fsp3) is 0.500. The Kier molecular flexibility index (Phi) is 6.21. The summed E-state index contributed by atoms with van der Waals surface area (Å²) in [7, 11) is 0. The van der Waals surface area contributed by atoms with Gasteiger partial charge in [-0.2, -0.15) is 0 Å². The molecule has 0 aromatic heterocycles. The Bertz CT molecular complexity index is 496. The maximum Gasteiger partial charge on any atom is 0.319 e. The van der Waals surface area contributed by atoms with Crippen molar-refractivity contribution in [3.63, 3.8) is 0 Å². The van der Waals surface area contributed by atoms with Crippen LogP contribution < -0.4 is 16.0 Å². The Labute approximate surface area is 130 Å². The van der Waals surface area contributed by atoms with E-state index in [0.29, 0.717) is 11.3 Å². The van der Waals surface area contributed by atoms with Gasteiger partial charge in [0.2, 0.25) is 0 Å². The van der Waals surface area contributed by atoms with Crippen LogP contribution in [-0.2, 0) is 0 Å². The normalized spacial score (nSPS) is 15.1. The molecule has 4 N–H and O–H groups in total. The Morgan fingerprint density at radius 1 is 1.09 bits per heavy atom. The van der Waals surface area contributed by atoms with Crippen LogP contribution in [0.5, 0.6) is 0 Å². The quantitative estimate of drug-likeness (QED) is 0.669. The van der Waals surface area contributed by atoms with Gasteiger partial charge in [-0.3, -0.25) is 4.79 Å². The highest BCUT2D eigenvalue weighted by molar-refractivity contribution is 5.95. The van der Waals surface area contributed by atoms with E-state index in [0.717, 1.165) is 12.8 Å². The first-order chi connectivity index (χ1) is 10.7. The average Bonchev–Trinajstić information content (AvgIpc) is 2.54. The SMILES string of the molecule is O=C(NCCO)Nc1ccc(C(=O)NC2CCCCC2)cc1. The van der Waals surface area contributed by atoms with Crippen LogP contribution in [0.1, 0.15) is 42.5 Å². The molecule has 1 aliphatic carbocycles. The van der Waals surface area contributed by atoms with Gasteiger partial charge in [0, 0.05) is 23.8 Å². The third-order valence-corrected chi connectivity index (χ3v) is 3.74. The van der Waals surface area contributed by atoms with Gasteiger partial charge < -0.3 is 21.1 Å². The molecule has 2 rings (SSSR count). The van der Waals surface area contributed by atoms with Crippen molar-refractivity contribution in [1.29, 1.82) is 0 Å². The number of urea groups is 1. The van der Waals surface area contributed by atoms with Crippen molar-refractivity contribution >= 4 is 17.6 Å². The monoisotopic (exact) mass is 305 g/mol. The van der Waals surface area contributed by atoms with Gasteiger partial charge in [0.15, 0.2) is 0 Å². The van der Waals surface area contributed by atoms with Crippen LogP contribution in [0.4, 0.5) is 10.5 Å². The summed E-state index contributed by atoms with van der Waals surface area (Å²) in [5.41, 5.74) is 1.19. The molecule has 3 amide bonds. The number of amides is 3. The number of aliphatic hydroxyl groups is 1. The largest absolute Gasteiger partial charge is 0.395 e. The Morgan fingerprint density at radius 3 is 2.41 bits per heavy atom. The molecule has 0 unspecified atom stereocenters. The summed E-state index contributed by atoms with van der Waals surface area (Å²) in [6.07, 6.45) is 5.71. The summed E-state index contributed by atoms with van der Waals surface area (Å²) in [6, 6.07) is 6.67. The van der Waals surface area contributed by atoms with Crippen molar-refractivity contribution in [2.45, 2.75) is 38.1 Å². The third kappa shape index (κ3) is 5.04. The summed E-state index contributed by atoms with van der Waals surface area (Å²) in [6.45, 7) is 0.0986. The summed E-state index contributed by atoms with van der Waals surface area (Å²) >= 11 is 0. The molecule has 0 radical (unpaired) electrons. The average molecular weight is 305 g/mol. The van der Waals surface area contributed by atoms with Crippen LogP contribution in [0.15, 0.2) is 24.3 Å². The number of carbonyl (C=O) groups excluding carboxylic acids is 2. The smallest absolute Gasteiger partial charge is 0.319 e. The van der Waals surface area contributed by atoms with Crippen molar-refractivity contribution in [1.82, 2.24) is 10.6 Å². The van der Waals surface area contributed by atoms with E-state index in [1.54, 1.807) is 24.3 Å². The van der Waals surface area contributed by atoms with Gasteiger partial charge >= 0.3 is 6.03 Å². The molecule has 120 valence electrons. The fourth-order valence-electron chi connectivity index (χ4n) is 2.57. The zero-order valence-corrected chi connectivity index (χ0v) is 12.6. The highest BCUT2D eigenvalue weighted by Crippen LogP contribution is 2.18. The molecule has 0 bridgehead atoms. The number of aliphatic hydroxyl groups excluding tert-OH is 1. The number of carbonyl (C=O) groups is 2. The number of rotatable bonds is 5. The lowest BCUT2D eigenvalue weighted by molar-refractivity contribution is 0.0927. The second kappa shape index (κ2) is 8.38. The highest BCUT2D eigenvalue weighted by atomic mass is 16.3. The molecule has 1 fully saturated rings. The molecule has 6 nitrogen and oxygen atoms in total. The zero-order valence-electron chi connectivity index (χ0n) is 12.6. The second-order valence-electron chi connectivity index (χ2n) is 5.49. The Balaban J connectivity index is 1.85. The van der Waals surface area contributed by atoms with Crippen molar-refractivity contribution in [3.05, 3.63) is 29.8 Å². The van der Waals surface area contributed by atoms with Crippen LogP contribution in [0.25, 0.3) is 0 Å². The molecular weight excluding hydrogens is 282 g/mol. The molecule has 22 heavy (non-hydrogen) atoms. The maximum absolute atomic E-state index is 12.1. The Hall–Kier alpha value is -2.08. The molecular formula is C16H23N3O3. The number of benzene rings is 1. The van der Waals surface area contributed by atoms with Crippen molar-refractivity contribution in [3.8, 4) is 0 Å². The van der Waals surface area contributed by atoms with E-state index in [1.165, 1.54) is 19.3 Å². The highest BCUT2D eigenvalue weighted by Gasteiger charge is 2.16. The topological polar surface area (TPSA) is 90.5 Å². The lowest BCUT2D eigenvalue weighted by Crippen LogP contribution is -2.36. The van der Waals surface area contributed by atoms with E-state index in [-0.39, 0.29) is 31.1 Å². The molecule has 1 aromatic rings. The van der Waals surface area contributed by atoms with Gasteiger partial charge in [0.05, 0.1) is 6.61 Å². The third-order valence-electron chi connectivity index (χ3n) is 3.74. The van der Waals surface area contributed by atoms with Gasteiger partial charge in [0.1, 0.15) is 0 Å². The van der Waals surface area contributed by atoms with Crippen molar-refractivity contribution in [2.75, 3.05) is 18.5 Å². The molecule has 6 heteroatoms. The van der Waals surface area contributed by atoms with E-state index in [2.05, 4.69) is 16.0 Å². The van der Waals surface area contributed by atoms with Crippen LogP contribution in [0, 0.1) is 0 Å². The standard InChI is InChI=1S/C16H23N3O3/c20-11-10-17-16(22)19-14-8-6-12(7-9-14)15(21)18-13-4-2-1-3-5-13/h6-9,13,20H,1-5,10-11H2,(H,18,21)(H2,17,19,22). The molecule has 1 saturated carbocycles. The summed E-state index contributed by atoms with van der Waals surface area (Å²) in [5, 5.41) is 16.8. The van der Waals surface area contributed by atoms with E-state index >= 15 is 0 Å². The predicted octanol–water partition coefficient (Wildman–Crippen LogP) is 1.86. The van der Waals surface area contributed by atoms with E-state index in [1.807, 2.05) is 0 Å². The van der Waals surface area contributed by atoms with Crippen LogP contribution in [0.3, 0.4) is 0 Å². The molecule has 0 saturated heterocycles. The fourth-order valence-corrected chi connectivity index (χ4v) is 2.57. The van der Waals surface area contributed by atoms with Gasteiger partial charge in [-0.1, -0.05) is 19.3 Å². The molecule has 1 aromatic carbocycles. The minimum absolute atomic E-state index is 0.0665. The lowest BCUT2D eigenvalue weighted by Gasteiger charge is -2.22. The van der Waals surface area contributed by atoms with E-state index in [4.69, 9.17) is 5.11 Å². The first kappa shape index (κ1) is 16.3. The van der Waals surface area contributed by atoms with Crippen molar-refractivity contribution < 1.29 is 14.7 Å². The molecule has 0 heterocycles. The van der Waals surface area contributed by atoms with E-state index < -0.39 is 0 Å². The van der Waals surface area contributed by atoms with Crippen LogP contribution in [-0.4, -0.2) is 36.2 Å². The first-order valence-electron chi connectivity index (χ1n) is 7.75. The minimum atomic E-state index is -0.381. The van der Waals surface area contributed by atoms with Gasteiger partial charge in [0.25, 0.3) is 5.91 Å². The molecule has 1 aliphatic rings. The first-order valence-corrected chi connectivity index (χ1v) is 7.75. The molecule has 0 spiro atoms. The second-order valence-corrected chi connectivity index (χ2v) is 5.49. The van der Waals surface area contributed by atoms with Gasteiger partial charge in [-0.15, -0.1) is 0 Å². The Morgan fingerprint density at radius 2 is 1.77 bits per heavy atom. The minimum Gasteiger partial charge on any atom is -0.395 e. The van der Waals surface area contributed by atoms with Crippen LogP contribution >= 0.6 is 0 Å². The van der Waals surface area contributed by atoms with Crippen molar-refractivity contribution in [2.24, 2.45) is 0 Å². The molecule has 0 atom stereocenters. The lowest BCUT2D eigenvalue weighted by atomic mass is 9.95. The number of hydrogen-bond acceptors (Lipinski definition) is 3. The summed E-state index contributed by atoms with van der Waals surface area (Å²) in [5.74, 6) is -0.0665. The zero-order chi connectivity index (χ0) is 15.8. The van der Waals surface area contributed by atoms with Gasteiger partial charge in [-0.05, 0) is 37.1 Å². The van der Waals surface area contributed by atoms with Gasteiger partial charge in [-0.25, -0.2) is 4.79 Å². The predicted molar refractivity (Wildman–Crippen MR) is 84.9 cm³/mol. The van der Waals surface area contributed by atoms with Crippen LogP contribution in [0.2, 0.25) is 0 Å². The van der Waals surface area contributed by atoms with E-state index in [9.17, 15) is 9.59 Å². The number of nitrogens with one attached hydrogen (secondary N) is 3. The number of hydrogen-bond donors (Lipinski definition) is 4. The summed E-state index contributed by atoms with van der Waals surface area (Å²) in [4.78, 5) is 23.6. The summed E-state index contributed by atoms with van der Waals surface area (Å²) < 4.78 is 0. The maximum atomic E-state index is 12.1. The number of anilines is 1.